The zero-order valence-corrected chi connectivity index (χ0v) is 44.2. The number of rotatable bonds is 36. The number of hydrogen-bond acceptors (Lipinski definition) is 8. The van der Waals surface area contributed by atoms with Gasteiger partial charge in [0.15, 0.2) is 0 Å². The Balaban J connectivity index is 0. The molecule has 0 heterocycles. The molecule has 0 aliphatic heterocycles. The molecule has 0 aliphatic rings. The third kappa shape index (κ3) is 46.3. The maximum atomic E-state index is 6.00. The molecule has 0 unspecified atom stereocenters. The van der Waals surface area contributed by atoms with Crippen LogP contribution in [0.4, 0.5) is 0 Å². The molecule has 0 aliphatic carbocycles. The molecule has 0 bridgehead atoms. The van der Waals surface area contributed by atoms with Crippen molar-refractivity contribution in [2.24, 2.45) is 5.73 Å². The molecule has 57 heavy (non-hydrogen) atoms. The van der Waals surface area contributed by atoms with E-state index in [0.717, 1.165) is 45.7 Å². The molecule has 12 heteroatoms. The minimum atomic E-state index is 0.426. The fourth-order valence-electron chi connectivity index (χ4n) is 6.48. The third-order valence-corrected chi connectivity index (χ3v) is 16.9. The Hall–Kier alpha value is 0.960. The van der Waals surface area contributed by atoms with E-state index in [-0.39, 0.29) is 0 Å². The van der Waals surface area contributed by atoms with Crippen molar-refractivity contribution >= 4 is 109 Å². The van der Waals surface area contributed by atoms with Gasteiger partial charge in [-0.25, -0.2) is 0 Å². The largest absolute Gasteiger partial charge is 0.384 e. The van der Waals surface area contributed by atoms with Crippen LogP contribution in [0.3, 0.4) is 0 Å². The van der Waals surface area contributed by atoms with Crippen LogP contribution in [-0.4, -0.2) is 59.8 Å². The van der Waals surface area contributed by atoms with Crippen LogP contribution in [0.2, 0.25) is 0 Å². The normalized spacial score (nSPS) is 10.9. The molecule has 3 N–H and O–H groups in total. The van der Waals surface area contributed by atoms with Crippen molar-refractivity contribution < 1.29 is 0 Å². The van der Waals surface area contributed by atoms with Gasteiger partial charge in [-0.15, -0.1) is 0 Å². The van der Waals surface area contributed by atoms with E-state index < -0.39 is 0 Å². The van der Waals surface area contributed by atoms with E-state index in [0.29, 0.717) is 4.32 Å². The number of nitrogens with two attached hydrogens (primary N) is 1. The first-order chi connectivity index (χ1) is 27.8. The molecule has 0 saturated heterocycles. The van der Waals surface area contributed by atoms with E-state index in [4.69, 9.17) is 54.6 Å². The minimum Gasteiger partial charge on any atom is -0.384 e. The van der Waals surface area contributed by atoms with Gasteiger partial charge in [-0.05, 0) is 75.3 Å². The summed E-state index contributed by atoms with van der Waals surface area (Å²) >= 11 is 21.9. The monoisotopic (exact) mass is 942 g/mol. The molecule has 0 atom stereocenters. The lowest BCUT2D eigenvalue weighted by molar-refractivity contribution is 0.395. The average molecular weight is 944 g/mol. The Kier molecular flexibility index (Phi) is 52.3. The van der Waals surface area contributed by atoms with Crippen LogP contribution in [0.1, 0.15) is 234 Å². The summed E-state index contributed by atoms with van der Waals surface area (Å²) in [5, 5.41) is 3.20. The maximum absolute atomic E-state index is 6.00. The van der Waals surface area contributed by atoms with E-state index in [1.807, 2.05) is 0 Å². The maximum Gasteiger partial charge on any atom is 0.147 e. The van der Waals surface area contributed by atoms with Gasteiger partial charge in [0.1, 0.15) is 17.3 Å². The fraction of sp³-hybridized carbons (Fsp3) is 0.911. The summed E-state index contributed by atoms with van der Waals surface area (Å²) in [6, 6.07) is 0. The number of nitrogens with zero attached hydrogens (tertiary/aromatic N) is 2. The lowest BCUT2D eigenvalue weighted by atomic mass is 10.1. The highest BCUT2D eigenvalue weighted by atomic mass is 33.1. The summed E-state index contributed by atoms with van der Waals surface area (Å²) in [5.74, 6) is 0. The second-order valence-corrected chi connectivity index (χ2v) is 22.5. The van der Waals surface area contributed by atoms with Crippen LogP contribution in [0.25, 0.3) is 0 Å². The highest BCUT2D eigenvalue weighted by Gasteiger charge is 2.16. The summed E-state index contributed by atoms with van der Waals surface area (Å²) < 4.78 is 3.30. The number of thiocarbonyl (C=S) groups is 4. The van der Waals surface area contributed by atoms with E-state index in [9.17, 15) is 0 Å². The lowest BCUT2D eigenvalue weighted by Gasteiger charge is -2.27. The van der Waals surface area contributed by atoms with Gasteiger partial charge >= 0.3 is 0 Å². The third-order valence-electron chi connectivity index (χ3n) is 10.1. The standard InChI is InChI=1S/C34H68N2S4.C11H22N2S4/c1-5-9-13-17-21-25-29-35(30-26-22-18-14-10-6-2)33(37)39-40-34(38)36(31-27-23-19-15-11-7-3)32-28-24-20-16-12-8-4;1-2-3-4-5-6-7-8-9-13-11(15)17-16-10(12)14/h5-32H2,1-4H3;2-9H2,1H3,(H2,12,14)(H,13,15). The van der Waals surface area contributed by atoms with Crippen LogP contribution < -0.4 is 11.1 Å². The summed E-state index contributed by atoms with van der Waals surface area (Å²) in [5.41, 5.74) is 5.36. The van der Waals surface area contributed by atoms with Crippen molar-refractivity contribution in [1.29, 1.82) is 0 Å². The number of unbranched alkanes of at least 4 members (excludes halogenated alkanes) is 26. The summed E-state index contributed by atoms with van der Waals surface area (Å²) in [6.45, 7) is 16.8. The van der Waals surface area contributed by atoms with E-state index in [2.05, 4.69) is 49.7 Å². The summed E-state index contributed by atoms with van der Waals surface area (Å²) in [6.07, 6.45) is 41.3. The molecule has 0 aromatic heterocycles. The van der Waals surface area contributed by atoms with Gasteiger partial charge in [-0.3, -0.25) is 0 Å². The van der Waals surface area contributed by atoms with Crippen LogP contribution in [0.15, 0.2) is 0 Å². The lowest BCUT2D eigenvalue weighted by Crippen LogP contribution is -2.31. The van der Waals surface area contributed by atoms with E-state index in [1.165, 1.54) is 221 Å². The number of hydrogen-bond donors (Lipinski definition) is 2. The van der Waals surface area contributed by atoms with Crippen molar-refractivity contribution in [2.75, 3.05) is 32.7 Å². The smallest absolute Gasteiger partial charge is 0.147 e. The molecular weight excluding hydrogens is 853 g/mol. The molecule has 0 fully saturated rings. The summed E-state index contributed by atoms with van der Waals surface area (Å²) in [4.78, 5) is 5.00. The molecule has 0 spiro atoms. The highest BCUT2D eigenvalue weighted by molar-refractivity contribution is 8.90. The second-order valence-electron chi connectivity index (χ2n) is 15.6. The average Bonchev–Trinajstić information content (AvgIpc) is 3.20. The predicted molar refractivity (Wildman–Crippen MR) is 288 cm³/mol. The molecule has 0 aromatic carbocycles. The minimum absolute atomic E-state index is 0.426. The van der Waals surface area contributed by atoms with Crippen molar-refractivity contribution in [3.63, 3.8) is 0 Å². The van der Waals surface area contributed by atoms with Gasteiger partial charge in [0, 0.05) is 32.7 Å². The van der Waals surface area contributed by atoms with Crippen LogP contribution >= 0.6 is 92.0 Å². The van der Waals surface area contributed by atoms with Crippen LogP contribution in [0.5, 0.6) is 0 Å². The van der Waals surface area contributed by atoms with Crippen molar-refractivity contribution in [3.05, 3.63) is 0 Å². The molecule has 0 aromatic rings. The molecule has 4 nitrogen and oxygen atoms in total. The zero-order chi connectivity index (χ0) is 42.5. The molecule has 0 amide bonds. The first kappa shape index (κ1) is 60.0. The molecular formula is C45H90N4S8. The molecule has 338 valence electrons. The van der Waals surface area contributed by atoms with Crippen molar-refractivity contribution in [2.45, 2.75) is 234 Å². The van der Waals surface area contributed by atoms with Gasteiger partial charge in [0.25, 0.3) is 0 Å². The van der Waals surface area contributed by atoms with Gasteiger partial charge in [0.2, 0.25) is 0 Å². The van der Waals surface area contributed by atoms with Crippen molar-refractivity contribution in [3.8, 4) is 0 Å². The Labute approximate surface area is 393 Å². The first-order valence-corrected chi connectivity index (χ1v) is 29.5. The van der Waals surface area contributed by atoms with Crippen LogP contribution in [0, 0.1) is 0 Å². The Morgan fingerprint density at radius 3 is 0.912 bits per heavy atom. The number of nitrogens with one attached hydrogen (secondary N) is 1. The molecule has 0 saturated carbocycles. The van der Waals surface area contributed by atoms with Gasteiger partial charge < -0.3 is 20.9 Å². The van der Waals surface area contributed by atoms with Gasteiger partial charge in [-0.2, -0.15) is 0 Å². The fourth-order valence-corrected chi connectivity index (χ4v) is 10.9. The zero-order valence-electron chi connectivity index (χ0n) is 37.7. The van der Waals surface area contributed by atoms with E-state index in [1.54, 1.807) is 21.6 Å². The Morgan fingerprint density at radius 2 is 0.632 bits per heavy atom. The van der Waals surface area contributed by atoms with Crippen LogP contribution in [-0.2, 0) is 0 Å². The highest BCUT2D eigenvalue weighted by Crippen LogP contribution is 2.30. The SMILES string of the molecule is CCCCCCCCCNC(=S)SSC(N)=S.CCCCCCCCN(CCCCCCCC)C(=S)SSC(=S)N(CCCCCCCC)CCCCCCCC. The first-order valence-electron chi connectivity index (χ1n) is 23.6. The van der Waals surface area contributed by atoms with Gasteiger partial charge in [0.05, 0.1) is 0 Å². The predicted octanol–water partition coefficient (Wildman–Crippen LogP) is 17.2. The second kappa shape index (κ2) is 49.6. The quantitative estimate of drug-likeness (QED) is 0.0357. The Morgan fingerprint density at radius 1 is 0.368 bits per heavy atom. The topological polar surface area (TPSA) is 44.5 Å². The summed E-state index contributed by atoms with van der Waals surface area (Å²) in [7, 11) is 6.28. The van der Waals surface area contributed by atoms with E-state index >= 15 is 0 Å². The van der Waals surface area contributed by atoms with Crippen molar-refractivity contribution in [1.82, 2.24) is 15.1 Å². The molecule has 0 radical (unpaired) electrons. The molecule has 0 rings (SSSR count). The Bertz CT molecular complexity index is 831. The van der Waals surface area contributed by atoms with Gasteiger partial charge in [-0.1, -0.05) is 250 Å².